The van der Waals surface area contributed by atoms with E-state index in [1.54, 1.807) is 0 Å². The third kappa shape index (κ3) is 6.11. The van der Waals surface area contributed by atoms with Crippen LogP contribution in [0.4, 0.5) is 0 Å². The van der Waals surface area contributed by atoms with E-state index in [9.17, 15) is 4.57 Å². The second kappa shape index (κ2) is 3.20. The molecule has 0 rings (SSSR count). The van der Waals surface area contributed by atoms with E-state index < -0.39 is 7.60 Å². The molecule has 0 aliphatic heterocycles. The molecule has 0 aliphatic carbocycles. The van der Waals surface area contributed by atoms with Gasteiger partial charge in [-0.2, -0.15) is 0 Å². The van der Waals surface area contributed by atoms with E-state index in [4.69, 9.17) is 9.79 Å². The zero-order valence-corrected chi connectivity index (χ0v) is 5.27. The van der Waals surface area contributed by atoms with Gasteiger partial charge in [-0.05, 0) is 0 Å². The Kier molecular flexibility index (Phi) is 3.24. The summed E-state index contributed by atoms with van der Waals surface area (Å²) in [5.74, 6) is 0. The highest BCUT2D eigenvalue weighted by atomic mass is 31.2. The van der Waals surface area contributed by atoms with Crippen LogP contribution in [0.2, 0.25) is 0 Å². The lowest BCUT2D eigenvalue weighted by atomic mass is 10.8. The van der Waals surface area contributed by atoms with Crippen LogP contribution in [0.25, 0.3) is 0 Å². The maximum absolute atomic E-state index is 10.0. The molecule has 0 aromatic heterocycles. The van der Waals surface area contributed by atoms with Crippen molar-refractivity contribution in [3.8, 4) is 0 Å². The van der Waals surface area contributed by atoms with Crippen LogP contribution in [-0.2, 0) is 4.57 Å². The van der Waals surface area contributed by atoms with Gasteiger partial charge in [-0.3, -0.25) is 4.57 Å². The van der Waals surface area contributed by atoms with Crippen molar-refractivity contribution in [2.45, 2.75) is 0 Å². The lowest BCUT2D eigenvalue weighted by molar-refractivity contribution is 0.372. The van der Waals surface area contributed by atoms with Crippen LogP contribution in [0.1, 0.15) is 0 Å². The smallest absolute Gasteiger partial charge is 0.324 e. The van der Waals surface area contributed by atoms with E-state index in [1.165, 1.54) is 0 Å². The van der Waals surface area contributed by atoms with Crippen LogP contribution in [0.5, 0.6) is 0 Å². The topological polar surface area (TPSA) is 69.6 Å². The molecule has 0 saturated heterocycles. The maximum atomic E-state index is 10.0. The highest BCUT2D eigenvalue weighted by Gasteiger charge is 2.09. The van der Waals surface area contributed by atoms with Gasteiger partial charge in [0, 0.05) is 13.6 Å². The Morgan fingerprint density at radius 3 is 2.25 bits per heavy atom. The first-order valence-corrected chi connectivity index (χ1v) is 3.90. The predicted molar refractivity (Wildman–Crippen MR) is 30.3 cm³/mol. The fourth-order valence-corrected chi connectivity index (χ4v) is 0.674. The summed E-state index contributed by atoms with van der Waals surface area (Å²) in [4.78, 5) is 16.4. The summed E-state index contributed by atoms with van der Waals surface area (Å²) in [6.07, 6.45) is -0.142. The van der Waals surface area contributed by atoms with Gasteiger partial charge in [0.25, 0.3) is 0 Å². The molecule has 0 atom stereocenters. The van der Waals surface area contributed by atoms with E-state index >= 15 is 0 Å². The van der Waals surface area contributed by atoms with Crippen molar-refractivity contribution in [3.63, 3.8) is 0 Å². The molecule has 0 aromatic carbocycles. The first-order valence-electron chi connectivity index (χ1n) is 2.11. The lowest BCUT2D eigenvalue weighted by Gasteiger charge is -1.99. The molecular weight excluding hydrogens is 129 g/mol. The molecule has 0 saturated carbocycles. The Labute approximate surface area is 48.1 Å². The van der Waals surface area contributed by atoms with Crippen LogP contribution in [0.15, 0.2) is 0 Å². The van der Waals surface area contributed by atoms with Gasteiger partial charge in [0.2, 0.25) is 0 Å². The van der Waals surface area contributed by atoms with Crippen LogP contribution < -0.4 is 5.32 Å². The first kappa shape index (κ1) is 8.11. The van der Waals surface area contributed by atoms with Gasteiger partial charge in [-0.25, -0.2) is 0 Å². The minimum absolute atomic E-state index is 0.142. The Morgan fingerprint density at radius 2 is 2.12 bits per heavy atom. The molecule has 4 nitrogen and oxygen atoms in total. The van der Waals surface area contributed by atoms with Gasteiger partial charge in [-0.1, -0.05) is 0 Å². The maximum Gasteiger partial charge on any atom is 0.326 e. The molecule has 3 N–H and O–H groups in total. The highest BCUT2D eigenvalue weighted by Crippen LogP contribution is 2.32. The standard InChI is InChI=1S/C3H9NO3P/c1-4-2-3-8(5,6)7/h4H,1-3H2,(H2,5,6,7). The zero-order valence-electron chi connectivity index (χ0n) is 4.37. The van der Waals surface area contributed by atoms with Gasteiger partial charge in [0.05, 0.1) is 6.16 Å². The molecule has 0 aliphatic rings. The number of hydrogen-bond donors (Lipinski definition) is 3. The summed E-state index contributed by atoms with van der Waals surface area (Å²) < 4.78 is 10.0. The van der Waals surface area contributed by atoms with E-state index in [-0.39, 0.29) is 12.7 Å². The van der Waals surface area contributed by atoms with Crippen molar-refractivity contribution in [3.05, 3.63) is 7.05 Å². The molecule has 49 valence electrons. The van der Waals surface area contributed by atoms with Crippen molar-refractivity contribution in [1.82, 2.24) is 5.32 Å². The van der Waals surface area contributed by atoms with E-state index in [0.717, 1.165) is 0 Å². The van der Waals surface area contributed by atoms with Crippen LogP contribution in [0.3, 0.4) is 0 Å². The molecular formula is C3H9NO3P. The highest BCUT2D eigenvalue weighted by molar-refractivity contribution is 7.51. The summed E-state index contributed by atoms with van der Waals surface area (Å²) in [5, 5.41) is 2.38. The first-order chi connectivity index (χ1) is 3.56. The van der Waals surface area contributed by atoms with E-state index in [2.05, 4.69) is 12.4 Å². The van der Waals surface area contributed by atoms with E-state index in [0.29, 0.717) is 0 Å². The number of rotatable bonds is 3. The van der Waals surface area contributed by atoms with Crippen molar-refractivity contribution in [2.75, 3.05) is 12.7 Å². The second-order valence-corrected chi connectivity index (χ2v) is 3.16. The Balaban J connectivity index is 3.26. The van der Waals surface area contributed by atoms with Crippen LogP contribution >= 0.6 is 7.60 Å². The summed E-state index contributed by atoms with van der Waals surface area (Å²) in [6.45, 7) is 0.254. The average molecular weight is 138 g/mol. The largest absolute Gasteiger partial charge is 0.326 e. The van der Waals surface area contributed by atoms with Gasteiger partial charge in [-0.15, -0.1) is 0 Å². The lowest BCUT2D eigenvalue weighted by Crippen LogP contribution is -2.09. The molecule has 0 unspecified atom stereocenters. The molecule has 8 heavy (non-hydrogen) atoms. The minimum atomic E-state index is -3.78. The molecule has 0 heterocycles. The molecule has 5 heteroatoms. The second-order valence-electron chi connectivity index (χ2n) is 1.39. The predicted octanol–water partition coefficient (Wildman–Crippen LogP) is -0.455. The third-order valence-corrected chi connectivity index (χ3v) is 1.39. The molecule has 0 fully saturated rings. The Morgan fingerprint density at radius 1 is 1.62 bits per heavy atom. The van der Waals surface area contributed by atoms with E-state index in [1.807, 2.05) is 0 Å². The van der Waals surface area contributed by atoms with Crippen molar-refractivity contribution in [1.29, 1.82) is 0 Å². The monoisotopic (exact) mass is 138 g/mol. The summed E-state index contributed by atoms with van der Waals surface area (Å²) in [7, 11) is -0.589. The number of nitrogens with one attached hydrogen (secondary N) is 1. The normalized spacial score (nSPS) is 11.9. The summed E-state index contributed by atoms with van der Waals surface area (Å²) in [5.41, 5.74) is 0. The Hall–Kier alpha value is 0.110. The number of hydrogen-bond acceptors (Lipinski definition) is 2. The van der Waals surface area contributed by atoms with Crippen LogP contribution in [-0.4, -0.2) is 22.5 Å². The van der Waals surface area contributed by atoms with Crippen molar-refractivity contribution < 1.29 is 14.4 Å². The van der Waals surface area contributed by atoms with Gasteiger partial charge >= 0.3 is 7.60 Å². The summed E-state index contributed by atoms with van der Waals surface area (Å²) >= 11 is 0. The fourth-order valence-electron chi connectivity index (χ4n) is 0.225. The quantitative estimate of drug-likeness (QED) is 0.462. The zero-order chi connectivity index (χ0) is 6.62. The van der Waals surface area contributed by atoms with Gasteiger partial charge in [0.1, 0.15) is 0 Å². The summed E-state index contributed by atoms with van der Waals surface area (Å²) in [6, 6.07) is 0. The molecule has 0 amide bonds. The van der Waals surface area contributed by atoms with Crippen molar-refractivity contribution in [2.24, 2.45) is 0 Å². The minimum Gasteiger partial charge on any atom is -0.324 e. The molecule has 0 bridgehead atoms. The molecule has 0 spiro atoms. The molecule has 1 radical (unpaired) electrons. The van der Waals surface area contributed by atoms with Gasteiger partial charge in [0.15, 0.2) is 0 Å². The Bertz CT molecular complexity index is 98.7. The third-order valence-electron chi connectivity index (χ3n) is 0.580. The average Bonchev–Trinajstić information content (AvgIpc) is 1.59. The fraction of sp³-hybridized carbons (Fsp3) is 0.667. The van der Waals surface area contributed by atoms with Gasteiger partial charge < -0.3 is 15.1 Å². The SMILES string of the molecule is [CH2]NCCP(=O)(O)O. The van der Waals surface area contributed by atoms with Crippen molar-refractivity contribution >= 4 is 7.60 Å². The van der Waals surface area contributed by atoms with Crippen LogP contribution in [0, 0.1) is 7.05 Å². The molecule has 0 aromatic rings.